The second-order valence-electron chi connectivity index (χ2n) is 5.64. The van der Waals surface area contributed by atoms with E-state index >= 15 is 0 Å². The van der Waals surface area contributed by atoms with Crippen molar-refractivity contribution in [1.29, 1.82) is 0 Å². The molecule has 1 aliphatic rings. The van der Waals surface area contributed by atoms with Crippen molar-refractivity contribution in [2.45, 2.75) is 38.3 Å². The molecular formula is C15H27F3N4. The quantitative estimate of drug-likeness (QED) is 0.430. The van der Waals surface area contributed by atoms with Gasteiger partial charge in [-0.05, 0) is 39.2 Å². The first-order valence-electron chi connectivity index (χ1n) is 7.78. The van der Waals surface area contributed by atoms with Crippen LogP contribution in [-0.2, 0) is 0 Å². The number of halogens is 3. The minimum absolute atomic E-state index is 0.311. The molecule has 2 N–H and O–H groups in total. The molecule has 0 aliphatic heterocycles. The Bertz CT molecular complexity index is 377. The summed E-state index contributed by atoms with van der Waals surface area (Å²) in [6.45, 7) is 0.638. The van der Waals surface area contributed by atoms with Crippen LogP contribution in [0.5, 0.6) is 0 Å². The number of hydrogen-bond donors (Lipinski definition) is 2. The van der Waals surface area contributed by atoms with Crippen molar-refractivity contribution in [3.8, 4) is 0 Å². The van der Waals surface area contributed by atoms with Crippen molar-refractivity contribution in [1.82, 2.24) is 15.5 Å². The second-order valence-corrected chi connectivity index (χ2v) is 5.64. The second kappa shape index (κ2) is 9.71. The minimum atomic E-state index is -4.15. The average molecular weight is 320 g/mol. The monoisotopic (exact) mass is 320 g/mol. The van der Waals surface area contributed by atoms with Crippen molar-refractivity contribution in [3.05, 3.63) is 11.6 Å². The highest BCUT2D eigenvalue weighted by molar-refractivity contribution is 5.79. The molecule has 7 heteroatoms. The zero-order valence-corrected chi connectivity index (χ0v) is 13.5. The third kappa shape index (κ3) is 8.92. The summed E-state index contributed by atoms with van der Waals surface area (Å²) in [5, 5.41) is 6.23. The summed E-state index contributed by atoms with van der Waals surface area (Å²) in [4.78, 5) is 5.32. The number of alkyl halides is 3. The summed E-state index contributed by atoms with van der Waals surface area (Å²) in [5.74, 6) is 0.636. The van der Waals surface area contributed by atoms with Crippen molar-refractivity contribution < 1.29 is 13.2 Å². The Balaban J connectivity index is 2.15. The van der Waals surface area contributed by atoms with Gasteiger partial charge in [-0.15, -0.1) is 0 Å². The normalized spacial score (nSPS) is 16.6. The number of rotatable bonds is 7. The Hall–Kier alpha value is -1.24. The number of nitrogens with zero attached hydrogens (tertiary/aromatic N) is 2. The van der Waals surface area contributed by atoms with Gasteiger partial charge in [0.05, 0.1) is 6.54 Å². The molecule has 0 aromatic carbocycles. The van der Waals surface area contributed by atoms with Crippen LogP contribution in [0.4, 0.5) is 13.2 Å². The van der Waals surface area contributed by atoms with E-state index in [0.717, 1.165) is 13.0 Å². The number of aliphatic imine (C=N–C) groups is 1. The summed E-state index contributed by atoms with van der Waals surface area (Å²) in [5.41, 5.74) is 1.49. The highest BCUT2D eigenvalue weighted by Gasteiger charge is 2.28. The highest BCUT2D eigenvalue weighted by atomic mass is 19.4. The number of likely N-dealkylation sites (N-methyl/N-ethyl adjacent to an activating group) is 1. The Labute approximate surface area is 130 Å². The predicted octanol–water partition coefficient (Wildman–Crippen LogP) is 2.54. The van der Waals surface area contributed by atoms with Gasteiger partial charge >= 0.3 is 6.18 Å². The summed E-state index contributed by atoms with van der Waals surface area (Å²) in [7, 11) is 3.12. The maximum atomic E-state index is 12.2. The van der Waals surface area contributed by atoms with Crippen LogP contribution < -0.4 is 10.6 Å². The largest absolute Gasteiger partial charge is 0.401 e. The Morgan fingerprint density at radius 1 is 1.27 bits per heavy atom. The smallest absolute Gasteiger partial charge is 0.356 e. The molecular weight excluding hydrogens is 293 g/mol. The van der Waals surface area contributed by atoms with E-state index < -0.39 is 12.7 Å². The molecule has 0 heterocycles. The van der Waals surface area contributed by atoms with Crippen molar-refractivity contribution >= 4 is 5.96 Å². The Kier molecular flexibility index (Phi) is 8.30. The van der Waals surface area contributed by atoms with Crippen LogP contribution in [0.1, 0.15) is 32.1 Å². The van der Waals surface area contributed by atoms with E-state index in [9.17, 15) is 13.2 Å². The summed E-state index contributed by atoms with van der Waals surface area (Å²) in [6.07, 6.45) is 4.06. The summed E-state index contributed by atoms with van der Waals surface area (Å²) in [6, 6.07) is 0. The van der Waals surface area contributed by atoms with Crippen molar-refractivity contribution in [2.24, 2.45) is 4.99 Å². The fraction of sp³-hybridized carbons (Fsp3) is 0.800. The van der Waals surface area contributed by atoms with E-state index in [1.165, 1.54) is 43.2 Å². The SMILES string of the molecule is CN=C(NCCC1=CCCCC1)NCCN(C)CC(F)(F)F. The van der Waals surface area contributed by atoms with E-state index in [1.807, 2.05) is 0 Å². The van der Waals surface area contributed by atoms with Crippen LogP contribution in [0.25, 0.3) is 0 Å². The molecule has 0 aromatic rings. The van der Waals surface area contributed by atoms with Gasteiger partial charge in [0, 0.05) is 26.7 Å². The maximum absolute atomic E-state index is 12.2. The Morgan fingerprint density at radius 2 is 2.00 bits per heavy atom. The van der Waals surface area contributed by atoms with Gasteiger partial charge in [0.1, 0.15) is 0 Å². The first kappa shape index (κ1) is 18.8. The van der Waals surface area contributed by atoms with Gasteiger partial charge in [-0.1, -0.05) is 11.6 Å². The molecule has 22 heavy (non-hydrogen) atoms. The zero-order chi connectivity index (χ0) is 16.4. The van der Waals surface area contributed by atoms with Gasteiger partial charge in [0.15, 0.2) is 5.96 Å². The molecule has 0 atom stereocenters. The van der Waals surface area contributed by atoms with E-state index in [-0.39, 0.29) is 0 Å². The molecule has 0 bridgehead atoms. The van der Waals surface area contributed by atoms with Gasteiger partial charge < -0.3 is 10.6 Å². The van der Waals surface area contributed by atoms with Crippen molar-refractivity contribution in [3.63, 3.8) is 0 Å². The van der Waals surface area contributed by atoms with Crippen LogP contribution in [0.3, 0.4) is 0 Å². The molecule has 128 valence electrons. The molecule has 0 amide bonds. The van der Waals surface area contributed by atoms with E-state index in [4.69, 9.17) is 0 Å². The molecule has 4 nitrogen and oxygen atoms in total. The molecule has 0 saturated carbocycles. The van der Waals surface area contributed by atoms with Crippen LogP contribution in [0.2, 0.25) is 0 Å². The third-order valence-electron chi connectivity index (χ3n) is 3.58. The number of nitrogens with one attached hydrogen (secondary N) is 2. The molecule has 0 unspecified atom stereocenters. The average Bonchev–Trinajstić information content (AvgIpc) is 2.45. The van der Waals surface area contributed by atoms with Crippen molar-refractivity contribution in [2.75, 3.05) is 40.3 Å². The lowest BCUT2D eigenvalue weighted by atomic mass is 9.97. The predicted molar refractivity (Wildman–Crippen MR) is 84.1 cm³/mol. The molecule has 1 aliphatic carbocycles. The molecule has 0 fully saturated rings. The fourth-order valence-corrected chi connectivity index (χ4v) is 2.44. The zero-order valence-electron chi connectivity index (χ0n) is 13.5. The first-order valence-corrected chi connectivity index (χ1v) is 7.78. The summed E-state index contributed by atoms with van der Waals surface area (Å²) >= 11 is 0. The first-order chi connectivity index (χ1) is 10.4. The third-order valence-corrected chi connectivity index (χ3v) is 3.58. The number of allylic oxidation sites excluding steroid dienone is 1. The van der Waals surface area contributed by atoms with Gasteiger partial charge in [-0.3, -0.25) is 9.89 Å². The molecule has 0 radical (unpaired) electrons. The number of guanidine groups is 1. The van der Waals surface area contributed by atoms with Crippen LogP contribution in [-0.4, -0.2) is 57.3 Å². The highest BCUT2D eigenvalue weighted by Crippen LogP contribution is 2.19. The van der Waals surface area contributed by atoms with Gasteiger partial charge in [0.25, 0.3) is 0 Å². The lowest BCUT2D eigenvalue weighted by Crippen LogP contribution is -2.42. The topological polar surface area (TPSA) is 39.7 Å². The van der Waals surface area contributed by atoms with Gasteiger partial charge in [-0.25, -0.2) is 0 Å². The Morgan fingerprint density at radius 3 is 2.59 bits per heavy atom. The van der Waals surface area contributed by atoms with Gasteiger partial charge in [-0.2, -0.15) is 13.2 Å². The van der Waals surface area contributed by atoms with E-state index in [1.54, 1.807) is 7.05 Å². The summed E-state index contributed by atoms with van der Waals surface area (Å²) < 4.78 is 36.6. The van der Waals surface area contributed by atoms with E-state index in [2.05, 4.69) is 21.7 Å². The van der Waals surface area contributed by atoms with Gasteiger partial charge in [0.2, 0.25) is 0 Å². The lowest BCUT2D eigenvalue weighted by Gasteiger charge is -2.19. The van der Waals surface area contributed by atoms with Crippen LogP contribution in [0.15, 0.2) is 16.6 Å². The molecule has 0 spiro atoms. The van der Waals surface area contributed by atoms with Crippen LogP contribution >= 0.6 is 0 Å². The molecule has 1 rings (SSSR count). The standard InChI is InChI=1S/C15H27F3N4/c1-19-14(20-9-8-13-6-4-3-5-7-13)21-10-11-22(2)12-15(16,17)18/h6H,3-5,7-12H2,1-2H3,(H2,19,20,21). The fourth-order valence-electron chi connectivity index (χ4n) is 2.44. The minimum Gasteiger partial charge on any atom is -0.356 e. The van der Waals surface area contributed by atoms with E-state index in [0.29, 0.717) is 19.0 Å². The lowest BCUT2D eigenvalue weighted by molar-refractivity contribution is -0.142. The maximum Gasteiger partial charge on any atom is 0.401 e. The van der Waals surface area contributed by atoms with Crippen LogP contribution in [0, 0.1) is 0 Å². The molecule has 0 saturated heterocycles. The molecule has 0 aromatic heterocycles. The number of hydrogen-bond acceptors (Lipinski definition) is 2.